The summed E-state index contributed by atoms with van der Waals surface area (Å²) in [6, 6.07) is 6.24. The largest absolute Gasteiger partial charge is 0.349 e. The van der Waals surface area contributed by atoms with Crippen molar-refractivity contribution in [3.63, 3.8) is 0 Å². The first-order chi connectivity index (χ1) is 12.6. The maximum absolute atomic E-state index is 12.7. The van der Waals surface area contributed by atoms with E-state index in [4.69, 9.17) is 0 Å². The second-order valence-electron chi connectivity index (χ2n) is 6.91. The van der Waals surface area contributed by atoms with Crippen LogP contribution in [0.1, 0.15) is 44.7 Å². The van der Waals surface area contributed by atoms with E-state index in [1.165, 1.54) is 16.4 Å². The molecule has 2 atom stereocenters. The van der Waals surface area contributed by atoms with E-state index in [-0.39, 0.29) is 35.1 Å². The third-order valence-electron chi connectivity index (χ3n) is 4.95. The molecule has 152 valence electrons. The van der Waals surface area contributed by atoms with Gasteiger partial charge in [-0.1, -0.05) is 19.1 Å². The molecule has 0 radical (unpaired) electrons. The molecule has 0 aromatic heterocycles. The molecule has 9 heteroatoms. The van der Waals surface area contributed by atoms with Crippen LogP contribution in [0, 0.1) is 5.92 Å². The van der Waals surface area contributed by atoms with Gasteiger partial charge in [-0.25, -0.2) is 21.1 Å². The summed E-state index contributed by atoms with van der Waals surface area (Å²) in [5.74, 6) is -0.500. The second-order valence-corrected chi connectivity index (χ2v) is 11.2. The lowest BCUT2D eigenvalue weighted by atomic mass is 9.97. The third kappa shape index (κ3) is 5.52. The number of rotatable bonds is 7. The van der Waals surface area contributed by atoms with Crippen LogP contribution >= 0.6 is 0 Å². The van der Waals surface area contributed by atoms with Crippen LogP contribution in [0.25, 0.3) is 0 Å². The van der Waals surface area contributed by atoms with Crippen molar-refractivity contribution >= 4 is 25.8 Å². The minimum atomic E-state index is -3.30. The topological polar surface area (TPSA) is 101 Å². The summed E-state index contributed by atoms with van der Waals surface area (Å²) in [5.41, 5.74) is 0.826. The summed E-state index contributed by atoms with van der Waals surface area (Å²) < 4.78 is 48.7. The Hall–Kier alpha value is -1.45. The molecule has 1 fully saturated rings. The fourth-order valence-corrected chi connectivity index (χ4v) is 5.06. The van der Waals surface area contributed by atoms with Crippen molar-refractivity contribution < 1.29 is 21.6 Å². The highest BCUT2D eigenvalue weighted by Crippen LogP contribution is 2.23. The lowest BCUT2D eigenvalue weighted by Gasteiger charge is -2.32. The Morgan fingerprint density at radius 2 is 1.81 bits per heavy atom. The highest BCUT2D eigenvalue weighted by molar-refractivity contribution is 7.90. The molecular formula is C18H28N2O5S2. The first-order valence-corrected chi connectivity index (χ1v) is 12.7. The molecule has 1 aliphatic rings. The summed E-state index contributed by atoms with van der Waals surface area (Å²) in [7, 11) is -6.56. The molecule has 1 aromatic rings. The molecule has 0 spiro atoms. The van der Waals surface area contributed by atoms with Gasteiger partial charge in [-0.05, 0) is 43.9 Å². The highest BCUT2D eigenvalue weighted by Gasteiger charge is 2.32. The van der Waals surface area contributed by atoms with Crippen molar-refractivity contribution in [3.8, 4) is 0 Å². The number of carbonyl (C=O) groups is 1. The van der Waals surface area contributed by atoms with Gasteiger partial charge < -0.3 is 5.32 Å². The molecule has 1 aliphatic heterocycles. The zero-order chi connectivity index (χ0) is 20.2. The highest BCUT2D eigenvalue weighted by atomic mass is 32.2. The number of hydrogen-bond acceptors (Lipinski definition) is 5. The van der Waals surface area contributed by atoms with Gasteiger partial charge in [0.1, 0.15) is 0 Å². The van der Waals surface area contributed by atoms with E-state index in [1.807, 2.05) is 6.92 Å². The van der Waals surface area contributed by atoms with E-state index in [9.17, 15) is 21.6 Å². The molecule has 2 unspecified atom stereocenters. The van der Waals surface area contributed by atoms with Crippen LogP contribution in [0.4, 0.5) is 0 Å². The summed E-state index contributed by atoms with van der Waals surface area (Å²) in [6.07, 6.45) is 3.12. The number of piperidine rings is 1. The van der Waals surface area contributed by atoms with Crippen LogP contribution in [0.15, 0.2) is 29.2 Å². The Morgan fingerprint density at radius 3 is 2.33 bits per heavy atom. The maximum atomic E-state index is 12.7. The first kappa shape index (κ1) is 21.8. The van der Waals surface area contributed by atoms with Crippen molar-refractivity contribution in [1.82, 2.24) is 9.62 Å². The second kappa shape index (κ2) is 8.70. The summed E-state index contributed by atoms with van der Waals surface area (Å²) in [6.45, 7) is 4.21. The van der Waals surface area contributed by atoms with Gasteiger partial charge in [0.05, 0.1) is 22.6 Å². The van der Waals surface area contributed by atoms with E-state index in [0.29, 0.717) is 25.8 Å². The molecule has 27 heavy (non-hydrogen) atoms. The van der Waals surface area contributed by atoms with Gasteiger partial charge >= 0.3 is 0 Å². The van der Waals surface area contributed by atoms with Gasteiger partial charge in [0.15, 0.2) is 9.84 Å². The standard InChI is InChI=1S/C18H28N2O5S2/c1-4-17(14-8-10-16(11-9-14)26(3,22)23)19-18(21)15-7-6-12-20(13-15)27(24,25)5-2/h8-11,15,17H,4-7,12-13H2,1-3H3,(H,19,21). The molecule has 1 amide bonds. The monoisotopic (exact) mass is 416 g/mol. The molecule has 7 nitrogen and oxygen atoms in total. The van der Waals surface area contributed by atoms with E-state index in [1.54, 1.807) is 19.1 Å². The first-order valence-electron chi connectivity index (χ1n) is 9.16. The Kier molecular flexibility index (Phi) is 7.04. The number of nitrogens with one attached hydrogen (secondary N) is 1. The summed E-state index contributed by atoms with van der Waals surface area (Å²) in [5, 5.41) is 2.99. The van der Waals surface area contributed by atoms with Gasteiger partial charge in [0.2, 0.25) is 15.9 Å². The van der Waals surface area contributed by atoms with E-state index in [2.05, 4.69) is 5.32 Å². The van der Waals surface area contributed by atoms with Gasteiger partial charge in [-0.15, -0.1) is 0 Å². The number of hydrogen-bond donors (Lipinski definition) is 1. The number of sulfone groups is 1. The lowest BCUT2D eigenvalue weighted by Crippen LogP contribution is -2.46. The molecule has 1 saturated heterocycles. The third-order valence-corrected chi connectivity index (χ3v) is 7.92. The predicted molar refractivity (Wildman–Crippen MR) is 104 cm³/mol. The summed E-state index contributed by atoms with van der Waals surface area (Å²) >= 11 is 0. The lowest BCUT2D eigenvalue weighted by molar-refractivity contribution is -0.126. The minimum Gasteiger partial charge on any atom is -0.349 e. The number of benzene rings is 1. The van der Waals surface area contributed by atoms with Crippen molar-refractivity contribution in [2.24, 2.45) is 5.92 Å². The Bertz CT molecular complexity index is 864. The fourth-order valence-electron chi connectivity index (χ4n) is 3.25. The molecule has 1 heterocycles. The van der Waals surface area contributed by atoms with Crippen molar-refractivity contribution in [2.75, 3.05) is 25.1 Å². The Labute approximate surface area is 162 Å². The number of carbonyl (C=O) groups excluding carboxylic acids is 1. The summed E-state index contributed by atoms with van der Waals surface area (Å²) in [4.78, 5) is 12.9. The van der Waals surface area contributed by atoms with Crippen LogP contribution in [-0.2, 0) is 24.7 Å². The van der Waals surface area contributed by atoms with E-state index >= 15 is 0 Å². The predicted octanol–water partition coefficient (Wildman–Crippen LogP) is 1.72. The SMILES string of the molecule is CCC(NC(=O)C1CCCN(S(=O)(=O)CC)C1)c1ccc(S(C)(=O)=O)cc1. The Balaban J connectivity index is 2.08. The van der Waals surface area contributed by atoms with Crippen LogP contribution in [0.5, 0.6) is 0 Å². The molecule has 0 aliphatic carbocycles. The molecule has 2 rings (SSSR count). The maximum Gasteiger partial charge on any atom is 0.224 e. The van der Waals surface area contributed by atoms with Crippen LogP contribution in [0.2, 0.25) is 0 Å². The van der Waals surface area contributed by atoms with Crippen LogP contribution in [0.3, 0.4) is 0 Å². The zero-order valence-electron chi connectivity index (χ0n) is 16.0. The van der Waals surface area contributed by atoms with Crippen molar-refractivity contribution in [1.29, 1.82) is 0 Å². The van der Waals surface area contributed by atoms with E-state index < -0.39 is 19.9 Å². The number of amides is 1. The minimum absolute atomic E-state index is 0.0333. The average molecular weight is 417 g/mol. The molecular weight excluding hydrogens is 388 g/mol. The molecule has 1 N–H and O–H groups in total. The zero-order valence-corrected chi connectivity index (χ0v) is 17.6. The van der Waals surface area contributed by atoms with Gasteiger partial charge in [0.25, 0.3) is 0 Å². The smallest absolute Gasteiger partial charge is 0.224 e. The Morgan fingerprint density at radius 1 is 1.19 bits per heavy atom. The number of sulfonamides is 1. The van der Waals surface area contributed by atoms with Gasteiger partial charge in [-0.3, -0.25) is 4.79 Å². The fraction of sp³-hybridized carbons (Fsp3) is 0.611. The molecule has 0 saturated carbocycles. The van der Waals surface area contributed by atoms with Crippen LogP contribution in [-0.4, -0.2) is 52.1 Å². The van der Waals surface area contributed by atoms with Crippen LogP contribution < -0.4 is 5.32 Å². The average Bonchev–Trinajstić information content (AvgIpc) is 2.65. The number of nitrogens with zero attached hydrogens (tertiary/aromatic N) is 1. The normalized spacial score (nSPS) is 20.2. The van der Waals surface area contributed by atoms with E-state index in [0.717, 1.165) is 11.8 Å². The molecule has 0 bridgehead atoms. The van der Waals surface area contributed by atoms with Gasteiger partial charge in [0, 0.05) is 19.3 Å². The van der Waals surface area contributed by atoms with Gasteiger partial charge in [-0.2, -0.15) is 0 Å². The molecule has 1 aromatic carbocycles. The van der Waals surface area contributed by atoms with Crippen molar-refractivity contribution in [3.05, 3.63) is 29.8 Å². The van der Waals surface area contributed by atoms with Crippen molar-refractivity contribution in [2.45, 2.75) is 44.0 Å². The quantitative estimate of drug-likeness (QED) is 0.729.